The van der Waals surface area contributed by atoms with Crippen molar-refractivity contribution in [3.63, 3.8) is 0 Å². The van der Waals surface area contributed by atoms with Gasteiger partial charge in [-0.05, 0) is 23.8 Å². The van der Waals surface area contributed by atoms with E-state index in [1.165, 1.54) is 0 Å². The summed E-state index contributed by atoms with van der Waals surface area (Å²) < 4.78 is 76.5. The summed E-state index contributed by atoms with van der Waals surface area (Å²) in [6, 6.07) is 6.62. The van der Waals surface area contributed by atoms with E-state index in [2.05, 4.69) is 0 Å². The summed E-state index contributed by atoms with van der Waals surface area (Å²) in [5, 5.41) is 0. The Kier molecular flexibility index (Phi) is 4.21. The van der Waals surface area contributed by atoms with Gasteiger partial charge in [-0.25, -0.2) is 0 Å². The number of hydrogen-bond acceptors (Lipinski definition) is 2. The van der Waals surface area contributed by atoms with Crippen molar-refractivity contribution >= 4 is 0 Å². The van der Waals surface area contributed by atoms with Gasteiger partial charge in [-0.2, -0.15) is 26.3 Å². The van der Waals surface area contributed by atoms with Crippen molar-refractivity contribution < 1.29 is 26.3 Å². The maximum atomic E-state index is 12.8. The van der Waals surface area contributed by atoms with E-state index in [9.17, 15) is 26.3 Å². The van der Waals surface area contributed by atoms with Crippen LogP contribution in [-0.4, -0.2) is 18.4 Å². The lowest BCUT2D eigenvalue weighted by atomic mass is 9.92. The van der Waals surface area contributed by atoms with Crippen LogP contribution in [-0.2, 0) is 0 Å². The molecule has 1 aromatic carbocycles. The minimum Gasteiger partial charge on any atom is -0.271 e. The lowest BCUT2D eigenvalue weighted by Crippen LogP contribution is -2.54. The minimum atomic E-state index is -5.39. The summed E-state index contributed by atoms with van der Waals surface area (Å²) in [7, 11) is 0. The molecule has 1 saturated carbocycles. The van der Waals surface area contributed by atoms with Crippen molar-refractivity contribution in [3.8, 4) is 0 Å². The van der Waals surface area contributed by atoms with E-state index >= 15 is 0 Å². The number of halogens is 6. The van der Waals surface area contributed by atoms with Crippen LogP contribution >= 0.6 is 0 Å². The van der Waals surface area contributed by atoms with Crippen LogP contribution < -0.4 is 11.3 Å². The molecule has 1 aliphatic rings. The van der Waals surface area contributed by atoms with Gasteiger partial charge in [0, 0.05) is 6.04 Å². The van der Waals surface area contributed by atoms with E-state index in [1.807, 2.05) is 0 Å². The maximum absolute atomic E-state index is 12.8. The maximum Gasteiger partial charge on any atom is 0.402 e. The Hall–Kier alpha value is -1.28. The Morgan fingerprint density at radius 1 is 1.00 bits per heavy atom. The summed E-state index contributed by atoms with van der Waals surface area (Å²) >= 11 is 0. The fourth-order valence-electron chi connectivity index (χ4n) is 2.75. The summed E-state index contributed by atoms with van der Waals surface area (Å²) in [6.45, 7) is 0. The average Bonchev–Trinajstić information content (AvgIpc) is 3.13. The molecule has 3 unspecified atom stereocenters. The van der Waals surface area contributed by atoms with Gasteiger partial charge in [0.2, 0.25) is 0 Å². The first-order chi connectivity index (χ1) is 9.66. The molecule has 0 aliphatic heterocycles. The number of alkyl halides is 6. The first-order valence-corrected chi connectivity index (χ1v) is 6.30. The van der Waals surface area contributed by atoms with Crippen LogP contribution in [0.3, 0.4) is 0 Å². The molecule has 0 aromatic heterocycles. The van der Waals surface area contributed by atoms with E-state index in [0.717, 1.165) is 5.56 Å². The highest BCUT2D eigenvalue weighted by molar-refractivity contribution is 5.27. The van der Waals surface area contributed by atoms with Gasteiger partial charge in [-0.1, -0.05) is 30.3 Å². The standard InChI is InChI=1S/C13H14F6N2/c14-12(15,16)11(13(17,18)19)10(21-20)9-6-8(9)7-4-2-1-3-5-7/h1-5,8-11,21H,6,20H2. The van der Waals surface area contributed by atoms with Crippen molar-refractivity contribution in [3.05, 3.63) is 35.9 Å². The first kappa shape index (κ1) is 16.1. The quantitative estimate of drug-likeness (QED) is 0.508. The van der Waals surface area contributed by atoms with E-state index in [1.54, 1.807) is 35.8 Å². The number of rotatable bonds is 4. The van der Waals surface area contributed by atoms with Crippen LogP contribution in [0.5, 0.6) is 0 Å². The third-order valence-corrected chi connectivity index (χ3v) is 3.79. The zero-order valence-corrected chi connectivity index (χ0v) is 10.7. The predicted molar refractivity (Wildman–Crippen MR) is 64.0 cm³/mol. The molecule has 118 valence electrons. The molecule has 1 aromatic rings. The Labute approximate surface area is 117 Å². The Morgan fingerprint density at radius 3 is 1.95 bits per heavy atom. The van der Waals surface area contributed by atoms with Gasteiger partial charge in [0.1, 0.15) is 0 Å². The monoisotopic (exact) mass is 312 g/mol. The topological polar surface area (TPSA) is 38.0 Å². The first-order valence-electron chi connectivity index (χ1n) is 6.30. The largest absolute Gasteiger partial charge is 0.402 e. The van der Waals surface area contributed by atoms with Crippen molar-refractivity contribution in [1.82, 2.24) is 5.43 Å². The molecule has 3 N–H and O–H groups in total. The van der Waals surface area contributed by atoms with E-state index in [4.69, 9.17) is 5.84 Å². The smallest absolute Gasteiger partial charge is 0.271 e. The van der Waals surface area contributed by atoms with Crippen molar-refractivity contribution in [1.29, 1.82) is 0 Å². The average molecular weight is 312 g/mol. The second kappa shape index (κ2) is 5.49. The summed E-state index contributed by atoms with van der Waals surface area (Å²) in [4.78, 5) is 0. The fourth-order valence-corrected chi connectivity index (χ4v) is 2.75. The highest BCUT2D eigenvalue weighted by Gasteiger charge is 2.64. The van der Waals surface area contributed by atoms with Crippen LogP contribution in [0, 0.1) is 11.8 Å². The number of nitrogens with one attached hydrogen (secondary N) is 1. The summed E-state index contributed by atoms with van der Waals surface area (Å²) in [5.41, 5.74) is 2.46. The number of nitrogens with two attached hydrogens (primary N) is 1. The van der Waals surface area contributed by atoms with Crippen molar-refractivity contribution in [2.75, 3.05) is 0 Å². The fraction of sp³-hybridized carbons (Fsp3) is 0.538. The van der Waals surface area contributed by atoms with Gasteiger partial charge in [0.25, 0.3) is 0 Å². The molecule has 0 radical (unpaired) electrons. The SMILES string of the molecule is NNC(C1CC1c1ccccc1)C(C(F)(F)F)C(F)(F)F. The molecule has 0 spiro atoms. The van der Waals surface area contributed by atoms with Crippen LogP contribution in [0.2, 0.25) is 0 Å². The molecule has 2 nitrogen and oxygen atoms in total. The molecule has 0 saturated heterocycles. The molecular weight excluding hydrogens is 298 g/mol. The third kappa shape index (κ3) is 3.49. The summed E-state index contributed by atoms with van der Waals surface area (Å²) in [5.74, 6) is 0.414. The lowest BCUT2D eigenvalue weighted by molar-refractivity contribution is -0.293. The van der Waals surface area contributed by atoms with Gasteiger partial charge in [0.15, 0.2) is 5.92 Å². The molecule has 0 heterocycles. The van der Waals surface area contributed by atoms with E-state index in [-0.39, 0.29) is 12.3 Å². The van der Waals surface area contributed by atoms with Crippen molar-refractivity contribution in [2.45, 2.75) is 30.7 Å². The van der Waals surface area contributed by atoms with Crippen LogP contribution in [0.25, 0.3) is 0 Å². The van der Waals surface area contributed by atoms with Gasteiger partial charge >= 0.3 is 12.4 Å². The normalized spacial score (nSPS) is 24.2. The predicted octanol–water partition coefficient (Wildman–Crippen LogP) is 3.36. The lowest BCUT2D eigenvalue weighted by Gasteiger charge is -2.30. The molecule has 0 amide bonds. The highest BCUT2D eigenvalue weighted by Crippen LogP contribution is 2.55. The zero-order valence-electron chi connectivity index (χ0n) is 10.7. The number of hydrazine groups is 1. The van der Waals surface area contributed by atoms with E-state index in [0.29, 0.717) is 0 Å². The third-order valence-electron chi connectivity index (χ3n) is 3.79. The summed E-state index contributed by atoms with van der Waals surface area (Å²) in [6.07, 6.45) is -10.5. The Balaban J connectivity index is 2.20. The molecule has 0 bridgehead atoms. The molecule has 1 fully saturated rings. The van der Waals surface area contributed by atoms with E-state index < -0.39 is 30.2 Å². The molecule has 1 aliphatic carbocycles. The van der Waals surface area contributed by atoms with Crippen LogP contribution in [0.15, 0.2) is 30.3 Å². The minimum absolute atomic E-state index is 0.252. The van der Waals surface area contributed by atoms with Gasteiger partial charge in [0.05, 0.1) is 0 Å². The Bertz CT molecular complexity index is 456. The van der Waals surface area contributed by atoms with Gasteiger partial charge in [-0.3, -0.25) is 11.3 Å². The number of benzene rings is 1. The Morgan fingerprint density at radius 2 is 1.52 bits per heavy atom. The second-order valence-corrected chi connectivity index (χ2v) is 5.17. The molecule has 2 rings (SSSR count). The molecule has 3 atom stereocenters. The van der Waals surface area contributed by atoms with Gasteiger partial charge < -0.3 is 0 Å². The molecule has 8 heteroatoms. The van der Waals surface area contributed by atoms with Crippen LogP contribution in [0.4, 0.5) is 26.3 Å². The second-order valence-electron chi connectivity index (χ2n) is 5.17. The molecule has 21 heavy (non-hydrogen) atoms. The molecular formula is C13H14F6N2. The van der Waals surface area contributed by atoms with Crippen molar-refractivity contribution in [2.24, 2.45) is 17.7 Å². The highest BCUT2D eigenvalue weighted by atomic mass is 19.4. The zero-order chi connectivity index (χ0) is 15.8. The number of hydrogen-bond donors (Lipinski definition) is 2. The van der Waals surface area contributed by atoms with Crippen LogP contribution in [0.1, 0.15) is 17.9 Å². The van der Waals surface area contributed by atoms with Gasteiger partial charge in [-0.15, -0.1) is 0 Å².